The van der Waals surface area contributed by atoms with Crippen LogP contribution in [0.1, 0.15) is 85.9 Å². The highest BCUT2D eigenvalue weighted by Crippen LogP contribution is 2.34. The number of amides is 2. The number of carbonyl (C=O) groups is 2. The average molecular weight is 733 g/mol. The number of carbonyl (C=O) groups excluding carboxylic acids is 2. The predicted octanol–water partition coefficient (Wildman–Crippen LogP) is 9.34. The number of likely N-dealkylation sites (tertiary alicyclic amines) is 1. The molecule has 12 heteroatoms. The third-order valence-electron chi connectivity index (χ3n) is 9.28. The molecule has 1 aliphatic heterocycles. The molecule has 2 N–H and O–H groups in total. The Kier molecular flexibility index (Phi) is 9.49. The molecular weight excluding hydrogens is 684 g/mol. The summed E-state index contributed by atoms with van der Waals surface area (Å²) in [7, 11) is 0. The van der Waals surface area contributed by atoms with Crippen molar-refractivity contribution in [3.8, 4) is 22.5 Å². The Labute approximate surface area is 313 Å². The summed E-state index contributed by atoms with van der Waals surface area (Å²) in [6.07, 6.45) is 4.43. The van der Waals surface area contributed by atoms with E-state index in [0.29, 0.717) is 46.7 Å². The van der Waals surface area contributed by atoms with Crippen molar-refractivity contribution in [3.05, 3.63) is 82.8 Å². The maximum Gasteiger partial charge on any atom is 0.410 e. The molecule has 0 radical (unpaired) electrons. The van der Waals surface area contributed by atoms with E-state index in [1.165, 1.54) is 0 Å². The van der Waals surface area contributed by atoms with Gasteiger partial charge in [-0.15, -0.1) is 0 Å². The highest BCUT2D eigenvalue weighted by molar-refractivity contribution is 6.09. The summed E-state index contributed by atoms with van der Waals surface area (Å²) in [5.74, 6) is 1.60. The lowest BCUT2D eigenvalue weighted by atomic mass is 10.0. The predicted molar refractivity (Wildman–Crippen MR) is 209 cm³/mol. The van der Waals surface area contributed by atoms with Crippen molar-refractivity contribution in [2.45, 2.75) is 92.0 Å². The number of aromatic amines is 2. The number of aromatic nitrogens is 4. The highest BCUT2D eigenvalue weighted by atomic mass is 16.6. The average Bonchev–Trinajstić information content (AvgIpc) is 3.87. The number of imidazole rings is 2. The maximum absolute atomic E-state index is 14.0. The van der Waals surface area contributed by atoms with Crippen LogP contribution < -0.4 is 5.43 Å². The number of benzene rings is 3. The molecular formula is C42H48N6O6. The number of nitrogens with one attached hydrogen (secondary N) is 2. The minimum atomic E-state index is -0.600. The highest BCUT2D eigenvalue weighted by Gasteiger charge is 2.35. The van der Waals surface area contributed by atoms with Gasteiger partial charge in [0.2, 0.25) is 5.43 Å². The third-order valence-corrected chi connectivity index (χ3v) is 9.28. The molecule has 3 aromatic carbocycles. The van der Waals surface area contributed by atoms with Crippen LogP contribution in [0.2, 0.25) is 0 Å². The van der Waals surface area contributed by atoms with Gasteiger partial charge in [-0.1, -0.05) is 38.1 Å². The van der Waals surface area contributed by atoms with Crippen molar-refractivity contribution >= 4 is 44.9 Å². The number of ether oxygens (including phenoxy) is 2. The molecule has 0 aliphatic carbocycles. The molecule has 4 heterocycles. The number of H-pyrrole nitrogens is 2. The van der Waals surface area contributed by atoms with Crippen molar-refractivity contribution in [3.63, 3.8) is 0 Å². The first-order valence-corrected chi connectivity index (χ1v) is 18.5. The number of rotatable bonds is 7. The van der Waals surface area contributed by atoms with Gasteiger partial charge >= 0.3 is 12.2 Å². The minimum Gasteiger partial charge on any atom is -0.456 e. The van der Waals surface area contributed by atoms with E-state index in [1.807, 2.05) is 84.0 Å². The van der Waals surface area contributed by atoms with E-state index in [-0.39, 0.29) is 36.1 Å². The van der Waals surface area contributed by atoms with Gasteiger partial charge in [-0.2, -0.15) is 0 Å². The summed E-state index contributed by atoms with van der Waals surface area (Å²) in [6.45, 7) is 16.7. The number of hydrogen-bond acceptors (Lipinski definition) is 8. The van der Waals surface area contributed by atoms with E-state index >= 15 is 0 Å². The van der Waals surface area contributed by atoms with Gasteiger partial charge in [0, 0.05) is 24.2 Å². The molecule has 1 fully saturated rings. The second-order valence-corrected chi connectivity index (χ2v) is 16.5. The molecule has 0 spiro atoms. The van der Waals surface area contributed by atoms with Crippen LogP contribution in [0.4, 0.5) is 9.59 Å². The normalized spacial score (nSPS) is 15.1. The zero-order valence-corrected chi connectivity index (χ0v) is 32.2. The molecule has 1 aliphatic rings. The Morgan fingerprint density at radius 1 is 0.889 bits per heavy atom. The topological polar surface area (TPSA) is 147 Å². The largest absolute Gasteiger partial charge is 0.456 e. The van der Waals surface area contributed by atoms with Crippen molar-refractivity contribution in [2.75, 3.05) is 13.1 Å². The SMILES string of the molecule is CC(C)CN(Cc1ncc(-c2ccc3c(ccc4oc5cc(-c6cnc([C@@H]7CCCN7C(=O)OC(C)(C)C)[nH]6)ccc5c(=O)c43)c2)[nH]1)C(=O)OC(C)(C)C. The Balaban J connectivity index is 1.14. The number of hydrogen-bond donors (Lipinski definition) is 2. The van der Waals surface area contributed by atoms with E-state index in [0.717, 1.165) is 46.1 Å². The van der Waals surface area contributed by atoms with Crippen LogP contribution in [0.15, 0.2) is 70.1 Å². The van der Waals surface area contributed by atoms with Gasteiger partial charge in [0.1, 0.15) is 34.0 Å². The number of nitrogens with zero attached hydrogens (tertiary/aromatic N) is 4. The van der Waals surface area contributed by atoms with Gasteiger partial charge in [0.15, 0.2) is 0 Å². The molecule has 2 amide bonds. The van der Waals surface area contributed by atoms with E-state index in [9.17, 15) is 14.4 Å². The van der Waals surface area contributed by atoms with Crippen molar-refractivity contribution < 1.29 is 23.5 Å². The molecule has 7 rings (SSSR count). The lowest BCUT2D eigenvalue weighted by molar-refractivity contribution is 0.0201. The molecule has 0 bridgehead atoms. The Hall–Kier alpha value is -5.65. The van der Waals surface area contributed by atoms with Crippen LogP contribution >= 0.6 is 0 Å². The van der Waals surface area contributed by atoms with Crippen LogP contribution in [0.25, 0.3) is 55.2 Å². The summed E-state index contributed by atoms with van der Waals surface area (Å²) < 4.78 is 17.6. The minimum absolute atomic E-state index is 0.114. The smallest absolute Gasteiger partial charge is 0.410 e. The first-order valence-electron chi connectivity index (χ1n) is 18.5. The van der Waals surface area contributed by atoms with Gasteiger partial charge in [0.05, 0.1) is 47.1 Å². The summed E-state index contributed by atoms with van der Waals surface area (Å²) in [4.78, 5) is 59.2. The van der Waals surface area contributed by atoms with Gasteiger partial charge in [-0.3, -0.25) is 9.69 Å². The summed E-state index contributed by atoms with van der Waals surface area (Å²) in [5.41, 5.74) is 2.93. The van der Waals surface area contributed by atoms with Crippen LogP contribution in [0.3, 0.4) is 0 Å². The van der Waals surface area contributed by atoms with Crippen LogP contribution in [-0.4, -0.2) is 66.2 Å². The van der Waals surface area contributed by atoms with Crippen LogP contribution in [-0.2, 0) is 16.0 Å². The fourth-order valence-electron chi connectivity index (χ4n) is 7.00. The second kappa shape index (κ2) is 14.0. The zero-order chi connectivity index (χ0) is 38.5. The number of fused-ring (bicyclic) bond motifs is 4. The summed E-state index contributed by atoms with van der Waals surface area (Å²) in [6, 6.07) is 15.0. The van der Waals surface area contributed by atoms with Gasteiger partial charge in [-0.05, 0) is 95.3 Å². The van der Waals surface area contributed by atoms with Gasteiger partial charge in [0.25, 0.3) is 0 Å². The third kappa shape index (κ3) is 7.69. The van der Waals surface area contributed by atoms with Crippen molar-refractivity contribution in [1.29, 1.82) is 0 Å². The Morgan fingerprint density at radius 3 is 2.30 bits per heavy atom. The quantitative estimate of drug-likeness (QED) is 0.122. The monoisotopic (exact) mass is 732 g/mol. The molecule has 0 saturated carbocycles. The zero-order valence-electron chi connectivity index (χ0n) is 32.2. The van der Waals surface area contributed by atoms with Gasteiger partial charge in [-0.25, -0.2) is 19.6 Å². The van der Waals surface area contributed by atoms with Crippen LogP contribution in [0, 0.1) is 5.92 Å². The molecule has 12 nitrogen and oxygen atoms in total. The first kappa shape index (κ1) is 36.7. The standard InChI is InChI=1S/C42H48N6O6/c1-24(2)22-47(39(50)53-41(3,4)5)23-35-43-20-30(45-35)26-11-14-28-25(18-26)13-16-33-36(28)37(49)29-15-12-27(19-34(29)52-33)31-21-44-38(46-31)32-10-9-17-48(32)40(51)54-42(6,7)8/h11-16,18-21,24,32H,9-10,17,22-23H2,1-8H3,(H,43,45)(H,44,46)/t32-/m0/s1. The van der Waals surface area contributed by atoms with E-state index in [4.69, 9.17) is 13.9 Å². The van der Waals surface area contributed by atoms with Crippen molar-refractivity contribution in [2.24, 2.45) is 5.92 Å². The fourth-order valence-corrected chi connectivity index (χ4v) is 7.00. The molecule has 282 valence electrons. The molecule has 3 aromatic heterocycles. The van der Waals surface area contributed by atoms with E-state index in [2.05, 4.69) is 33.8 Å². The van der Waals surface area contributed by atoms with Gasteiger partial charge < -0.3 is 28.8 Å². The van der Waals surface area contributed by atoms with E-state index < -0.39 is 11.2 Å². The molecule has 6 aromatic rings. The molecule has 0 unspecified atom stereocenters. The second-order valence-electron chi connectivity index (χ2n) is 16.5. The fraction of sp³-hybridized carbons (Fsp3) is 0.405. The molecule has 1 saturated heterocycles. The van der Waals surface area contributed by atoms with E-state index in [1.54, 1.807) is 28.3 Å². The molecule has 54 heavy (non-hydrogen) atoms. The van der Waals surface area contributed by atoms with Crippen molar-refractivity contribution in [1.82, 2.24) is 29.7 Å². The summed E-state index contributed by atoms with van der Waals surface area (Å²) >= 11 is 0. The summed E-state index contributed by atoms with van der Waals surface area (Å²) in [5, 5.41) is 2.65. The van der Waals surface area contributed by atoms with Crippen LogP contribution in [0.5, 0.6) is 0 Å². The lowest BCUT2D eigenvalue weighted by Crippen LogP contribution is -2.38. The lowest BCUT2D eigenvalue weighted by Gasteiger charge is -2.28. The first-order chi connectivity index (χ1) is 25.5. The maximum atomic E-state index is 14.0. The Bertz CT molecular complexity index is 2430. The molecule has 1 atom stereocenters. The Morgan fingerprint density at radius 2 is 1.57 bits per heavy atom.